The first-order valence-corrected chi connectivity index (χ1v) is 9.59. The molecule has 1 aliphatic heterocycles. The summed E-state index contributed by atoms with van der Waals surface area (Å²) in [6, 6.07) is 0. The van der Waals surface area contributed by atoms with E-state index in [1.807, 2.05) is 0 Å². The lowest BCUT2D eigenvalue weighted by atomic mass is 10.0. The summed E-state index contributed by atoms with van der Waals surface area (Å²) in [4.78, 5) is 20.2. The van der Waals surface area contributed by atoms with Gasteiger partial charge in [-0.15, -0.1) is 24.0 Å². The van der Waals surface area contributed by atoms with Crippen LogP contribution in [-0.2, 0) is 9.53 Å². The number of hydrogen-bond donors (Lipinski definition) is 2. The van der Waals surface area contributed by atoms with E-state index in [1.165, 1.54) is 0 Å². The van der Waals surface area contributed by atoms with Gasteiger partial charge < -0.3 is 20.3 Å². The van der Waals surface area contributed by atoms with Gasteiger partial charge in [0.1, 0.15) is 6.54 Å². The summed E-state index contributed by atoms with van der Waals surface area (Å²) >= 11 is 0. The van der Waals surface area contributed by atoms with Crippen molar-refractivity contribution < 1.29 is 9.53 Å². The van der Waals surface area contributed by atoms with Crippen molar-refractivity contribution in [2.75, 3.05) is 66.6 Å². The molecular formula is C18H38IN5O2. The third-order valence-electron chi connectivity index (χ3n) is 4.63. The summed E-state index contributed by atoms with van der Waals surface area (Å²) in [6.45, 7) is 11.1. The molecular weight excluding hydrogens is 445 g/mol. The van der Waals surface area contributed by atoms with E-state index in [-0.39, 0.29) is 36.4 Å². The van der Waals surface area contributed by atoms with Gasteiger partial charge in [0.2, 0.25) is 5.91 Å². The van der Waals surface area contributed by atoms with Crippen molar-refractivity contribution in [2.24, 2.45) is 10.9 Å². The number of carbonyl (C=O) groups excluding carboxylic acids is 1. The molecule has 1 fully saturated rings. The van der Waals surface area contributed by atoms with Crippen LogP contribution in [0.25, 0.3) is 0 Å². The standard InChI is InChI=1S/C18H37N5O2.HI/c1-5-16(6-2)14-20-18(21-15-17(24)22(3)4)19-8-7-9-23-10-12-25-13-11-23;/h16H,5-15H2,1-4H3,(H2,19,20,21);1H. The molecule has 0 spiro atoms. The van der Waals surface area contributed by atoms with Crippen molar-refractivity contribution in [2.45, 2.75) is 33.1 Å². The Balaban J connectivity index is 0.00000625. The SMILES string of the molecule is CCC(CC)CNC(=NCC(=O)N(C)C)NCCCN1CCOCC1.I. The van der Waals surface area contributed by atoms with Gasteiger partial charge in [0.05, 0.1) is 13.2 Å². The molecule has 7 nitrogen and oxygen atoms in total. The zero-order valence-electron chi connectivity index (χ0n) is 16.9. The minimum absolute atomic E-state index is 0. The molecule has 0 saturated carbocycles. The Morgan fingerprint density at radius 3 is 2.42 bits per heavy atom. The molecule has 0 bridgehead atoms. The summed E-state index contributed by atoms with van der Waals surface area (Å²) < 4.78 is 5.37. The van der Waals surface area contributed by atoms with Crippen LogP contribution in [0.5, 0.6) is 0 Å². The Morgan fingerprint density at radius 2 is 1.85 bits per heavy atom. The van der Waals surface area contributed by atoms with Gasteiger partial charge in [-0.1, -0.05) is 26.7 Å². The maximum Gasteiger partial charge on any atom is 0.243 e. The monoisotopic (exact) mass is 483 g/mol. The van der Waals surface area contributed by atoms with Crippen LogP contribution in [0.2, 0.25) is 0 Å². The molecule has 2 N–H and O–H groups in total. The van der Waals surface area contributed by atoms with Crippen molar-refractivity contribution >= 4 is 35.8 Å². The Morgan fingerprint density at radius 1 is 1.19 bits per heavy atom. The highest BCUT2D eigenvalue weighted by Crippen LogP contribution is 2.04. The lowest BCUT2D eigenvalue weighted by Crippen LogP contribution is -2.42. The number of rotatable bonds is 10. The lowest BCUT2D eigenvalue weighted by molar-refractivity contribution is -0.127. The normalized spacial score (nSPS) is 15.5. The van der Waals surface area contributed by atoms with Crippen LogP contribution in [0, 0.1) is 5.92 Å². The molecule has 0 atom stereocenters. The molecule has 0 radical (unpaired) electrons. The molecule has 154 valence electrons. The predicted octanol–water partition coefficient (Wildman–Crippen LogP) is 1.39. The molecule has 1 aliphatic rings. The number of morpholine rings is 1. The quantitative estimate of drug-likeness (QED) is 0.213. The van der Waals surface area contributed by atoms with Gasteiger partial charge in [-0.2, -0.15) is 0 Å². The second-order valence-corrected chi connectivity index (χ2v) is 6.75. The fourth-order valence-corrected chi connectivity index (χ4v) is 2.61. The van der Waals surface area contributed by atoms with Crippen LogP contribution >= 0.6 is 24.0 Å². The van der Waals surface area contributed by atoms with Crippen LogP contribution in [-0.4, -0.2) is 88.2 Å². The maximum atomic E-state index is 11.8. The lowest BCUT2D eigenvalue weighted by Gasteiger charge is -2.26. The second kappa shape index (κ2) is 15.4. The molecule has 8 heteroatoms. The average Bonchev–Trinajstić information content (AvgIpc) is 2.63. The molecule has 0 aromatic carbocycles. The van der Waals surface area contributed by atoms with Crippen LogP contribution in [0.3, 0.4) is 0 Å². The number of nitrogens with zero attached hydrogens (tertiary/aromatic N) is 3. The molecule has 1 heterocycles. The molecule has 1 rings (SSSR count). The number of nitrogens with one attached hydrogen (secondary N) is 2. The Bertz CT molecular complexity index is 397. The third-order valence-corrected chi connectivity index (χ3v) is 4.63. The first-order valence-electron chi connectivity index (χ1n) is 9.59. The van der Waals surface area contributed by atoms with Crippen molar-refractivity contribution in [1.82, 2.24) is 20.4 Å². The molecule has 26 heavy (non-hydrogen) atoms. The van der Waals surface area contributed by atoms with E-state index in [2.05, 4.69) is 34.4 Å². The predicted molar refractivity (Wildman–Crippen MR) is 118 cm³/mol. The van der Waals surface area contributed by atoms with Crippen LogP contribution in [0.1, 0.15) is 33.1 Å². The first-order chi connectivity index (χ1) is 12.1. The summed E-state index contributed by atoms with van der Waals surface area (Å²) in [6.07, 6.45) is 3.34. The summed E-state index contributed by atoms with van der Waals surface area (Å²) in [5.41, 5.74) is 0. The molecule has 1 amide bonds. The minimum atomic E-state index is 0. The van der Waals surface area contributed by atoms with E-state index in [9.17, 15) is 4.79 Å². The number of carbonyl (C=O) groups is 1. The largest absolute Gasteiger partial charge is 0.379 e. The van der Waals surface area contributed by atoms with E-state index in [0.717, 1.165) is 71.2 Å². The highest BCUT2D eigenvalue weighted by Gasteiger charge is 2.10. The zero-order valence-corrected chi connectivity index (χ0v) is 19.3. The van der Waals surface area contributed by atoms with Crippen molar-refractivity contribution in [3.05, 3.63) is 0 Å². The minimum Gasteiger partial charge on any atom is -0.379 e. The number of guanidine groups is 1. The fourth-order valence-electron chi connectivity index (χ4n) is 2.61. The summed E-state index contributed by atoms with van der Waals surface area (Å²) in [5.74, 6) is 1.38. The van der Waals surface area contributed by atoms with E-state index in [4.69, 9.17) is 4.74 Å². The number of likely N-dealkylation sites (N-methyl/N-ethyl adjacent to an activating group) is 1. The van der Waals surface area contributed by atoms with Gasteiger partial charge in [-0.3, -0.25) is 9.69 Å². The number of ether oxygens (including phenoxy) is 1. The van der Waals surface area contributed by atoms with Crippen molar-refractivity contribution in [3.63, 3.8) is 0 Å². The van der Waals surface area contributed by atoms with Crippen molar-refractivity contribution in [1.29, 1.82) is 0 Å². The van der Waals surface area contributed by atoms with Crippen molar-refractivity contribution in [3.8, 4) is 0 Å². The van der Waals surface area contributed by atoms with Gasteiger partial charge in [-0.25, -0.2) is 4.99 Å². The Hall–Kier alpha value is -0.610. The van der Waals surface area contributed by atoms with E-state index in [1.54, 1.807) is 19.0 Å². The fraction of sp³-hybridized carbons (Fsp3) is 0.889. The van der Waals surface area contributed by atoms with Gasteiger partial charge >= 0.3 is 0 Å². The summed E-state index contributed by atoms with van der Waals surface area (Å²) in [7, 11) is 3.51. The van der Waals surface area contributed by atoms with Gasteiger partial charge in [0, 0.05) is 40.3 Å². The molecule has 0 aromatic heterocycles. The van der Waals surface area contributed by atoms with E-state index < -0.39 is 0 Å². The second-order valence-electron chi connectivity index (χ2n) is 6.75. The number of aliphatic imine (C=N–C) groups is 1. The topological polar surface area (TPSA) is 69.2 Å². The number of hydrogen-bond acceptors (Lipinski definition) is 4. The Kier molecular flexibility index (Phi) is 15.1. The highest BCUT2D eigenvalue weighted by atomic mass is 127. The first kappa shape index (κ1) is 25.4. The maximum absolute atomic E-state index is 11.8. The van der Waals surface area contributed by atoms with Crippen LogP contribution in [0.4, 0.5) is 0 Å². The van der Waals surface area contributed by atoms with Gasteiger partial charge in [0.15, 0.2) is 5.96 Å². The summed E-state index contributed by atoms with van der Waals surface area (Å²) in [5, 5.41) is 6.76. The highest BCUT2D eigenvalue weighted by molar-refractivity contribution is 14.0. The molecule has 1 saturated heterocycles. The Labute approximate surface area is 176 Å². The van der Waals surface area contributed by atoms with Crippen LogP contribution in [0.15, 0.2) is 4.99 Å². The molecule has 0 aliphatic carbocycles. The van der Waals surface area contributed by atoms with E-state index >= 15 is 0 Å². The smallest absolute Gasteiger partial charge is 0.243 e. The molecule has 0 aromatic rings. The van der Waals surface area contributed by atoms with E-state index in [0.29, 0.717) is 5.92 Å². The third kappa shape index (κ3) is 11.2. The van der Waals surface area contributed by atoms with Gasteiger partial charge in [-0.05, 0) is 18.9 Å². The van der Waals surface area contributed by atoms with Crippen LogP contribution < -0.4 is 10.6 Å². The average molecular weight is 483 g/mol. The molecule has 0 unspecified atom stereocenters. The number of halogens is 1. The zero-order chi connectivity index (χ0) is 18.5. The van der Waals surface area contributed by atoms with Gasteiger partial charge in [0.25, 0.3) is 0 Å². The number of amides is 1.